The summed E-state index contributed by atoms with van der Waals surface area (Å²) in [6.07, 6.45) is 0.319. The molecular weight excluding hydrogens is 439 g/mol. The minimum Gasteiger partial charge on any atom is -0.369 e. The van der Waals surface area contributed by atoms with E-state index in [-0.39, 0.29) is 18.3 Å². The number of hydrogen-bond donors (Lipinski definition) is 3. The van der Waals surface area contributed by atoms with Gasteiger partial charge in [-0.2, -0.15) is 0 Å². The fourth-order valence-corrected chi connectivity index (χ4v) is 4.39. The van der Waals surface area contributed by atoms with Gasteiger partial charge in [0.2, 0.25) is 5.91 Å². The summed E-state index contributed by atoms with van der Waals surface area (Å²) in [5.41, 5.74) is 9.56. The van der Waals surface area contributed by atoms with E-state index in [2.05, 4.69) is 15.3 Å². The number of hydrogen-bond acceptors (Lipinski definition) is 4. The molecule has 8 heteroatoms. The van der Waals surface area contributed by atoms with Gasteiger partial charge >= 0.3 is 0 Å². The zero-order valence-corrected chi connectivity index (χ0v) is 18.6. The van der Waals surface area contributed by atoms with Crippen molar-refractivity contribution in [1.82, 2.24) is 15.3 Å². The van der Waals surface area contributed by atoms with Crippen LogP contribution >= 0.6 is 11.8 Å². The average Bonchev–Trinajstić information content (AvgIpc) is 3.24. The van der Waals surface area contributed by atoms with Gasteiger partial charge in [0.1, 0.15) is 5.82 Å². The van der Waals surface area contributed by atoms with Crippen molar-refractivity contribution in [3.05, 3.63) is 95.3 Å². The molecule has 4 aromatic rings. The Balaban J connectivity index is 1.40. The van der Waals surface area contributed by atoms with Crippen molar-refractivity contribution in [3.63, 3.8) is 0 Å². The van der Waals surface area contributed by atoms with Crippen LogP contribution in [0.5, 0.6) is 0 Å². The summed E-state index contributed by atoms with van der Waals surface area (Å²) in [7, 11) is 0. The summed E-state index contributed by atoms with van der Waals surface area (Å²) in [5.74, 6) is -1.19. The number of amides is 2. The van der Waals surface area contributed by atoms with E-state index in [1.807, 2.05) is 36.4 Å². The molecule has 0 saturated heterocycles. The van der Waals surface area contributed by atoms with Gasteiger partial charge in [-0.15, -0.1) is 0 Å². The first kappa shape index (κ1) is 22.5. The first-order valence-corrected chi connectivity index (χ1v) is 11.5. The van der Waals surface area contributed by atoms with E-state index in [4.69, 9.17) is 5.73 Å². The molecule has 0 radical (unpaired) electrons. The summed E-state index contributed by atoms with van der Waals surface area (Å²) in [6, 6.07) is 21.0. The highest BCUT2D eigenvalue weighted by Gasteiger charge is 2.19. The number of H-pyrrole nitrogens is 1. The van der Waals surface area contributed by atoms with Crippen molar-refractivity contribution in [2.45, 2.75) is 17.3 Å². The fraction of sp³-hybridized carbons (Fsp3) is 0.160. The molecule has 4 rings (SSSR count). The van der Waals surface area contributed by atoms with E-state index in [1.54, 1.807) is 24.3 Å². The molecule has 1 unspecified atom stereocenters. The Morgan fingerprint density at radius 1 is 1.03 bits per heavy atom. The van der Waals surface area contributed by atoms with Gasteiger partial charge in [0.05, 0.1) is 17.0 Å². The Morgan fingerprint density at radius 2 is 1.76 bits per heavy atom. The zero-order valence-electron chi connectivity index (χ0n) is 17.8. The van der Waals surface area contributed by atoms with Gasteiger partial charge < -0.3 is 16.0 Å². The van der Waals surface area contributed by atoms with Crippen molar-refractivity contribution in [1.29, 1.82) is 0 Å². The standard InChI is InChI=1S/C25H23FN4O2S/c26-19-11-9-16(10-12-19)13-18(23(27)31)14-28-24(32)20-6-2-1-5-17(20)15-33-25-29-21-7-3-4-8-22(21)30-25/h1-12,18H,13-15H2,(H2,27,31)(H,28,32)(H,29,30). The zero-order chi connectivity index (χ0) is 23.2. The number of aromatic amines is 1. The van der Waals surface area contributed by atoms with Crippen molar-refractivity contribution in [2.24, 2.45) is 11.7 Å². The number of thioether (sulfide) groups is 1. The number of halogens is 1. The number of benzene rings is 3. The molecule has 0 saturated carbocycles. The lowest BCUT2D eigenvalue weighted by Gasteiger charge is -2.15. The third kappa shape index (κ3) is 5.78. The molecule has 6 nitrogen and oxygen atoms in total. The first-order chi connectivity index (χ1) is 16.0. The fourth-order valence-electron chi connectivity index (χ4n) is 3.50. The maximum atomic E-state index is 13.1. The molecule has 1 heterocycles. The van der Waals surface area contributed by atoms with Gasteiger partial charge in [0.25, 0.3) is 5.91 Å². The normalized spacial score (nSPS) is 11.9. The van der Waals surface area contributed by atoms with Crippen molar-refractivity contribution in [3.8, 4) is 0 Å². The van der Waals surface area contributed by atoms with E-state index in [9.17, 15) is 14.0 Å². The van der Waals surface area contributed by atoms with Crippen molar-refractivity contribution in [2.75, 3.05) is 6.54 Å². The minimum atomic E-state index is -0.600. The number of carbonyl (C=O) groups excluding carboxylic acids is 2. The minimum absolute atomic E-state index is 0.0938. The molecular formula is C25H23FN4O2S. The number of primary amides is 1. The Labute approximate surface area is 194 Å². The number of carbonyl (C=O) groups is 2. The highest BCUT2D eigenvalue weighted by Crippen LogP contribution is 2.24. The van der Waals surface area contributed by atoms with Gasteiger partial charge in [0, 0.05) is 17.9 Å². The Morgan fingerprint density at radius 3 is 2.52 bits per heavy atom. The van der Waals surface area contributed by atoms with E-state index < -0.39 is 11.8 Å². The summed E-state index contributed by atoms with van der Waals surface area (Å²) in [6.45, 7) is 0.0938. The molecule has 0 bridgehead atoms. The maximum Gasteiger partial charge on any atom is 0.251 e. The van der Waals surface area contributed by atoms with Crippen LogP contribution in [-0.4, -0.2) is 28.3 Å². The van der Waals surface area contributed by atoms with Crippen LogP contribution in [0.4, 0.5) is 4.39 Å². The van der Waals surface area contributed by atoms with E-state index in [0.717, 1.165) is 27.3 Å². The molecule has 1 aromatic heterocycles. The maximum absolute atomic E-state index is 13.1. The average molecular weight is 463 g/mol. The summed E-state index contributed by atoms with van der Waals surface area (Å²) >= 11 is 1.51. The number of fused-ring (bicyclic) bond motifs is 1. The molecule has 0 aliphatic rings. The van der Waals surface area contributed by atoms with Crippen LogP contribution in [0.1, 0.15) is 21.5 Å². The Hall–Kier alpha value is -3.65. The second-order valence-electron chi connectivity index (χ2n) is 7.64. The number of nitrogens with two attached hydrogens (primary N) is 1. The van der Waals surface area contributed by atoms with Crippen LogP contribution in [0.25, 0.3) is 11.0 Å². The van der Waals surface area contributed by atoms with Crippen LogP contribution in [0.2, 0.25) is 0 Å². The monoisotopic (exact) mass is 462 g/mol. The number of nitrogens with one attached hydrogen (secondary N) is 2. The molecule has 0 aliphatic carbocycles. The SMILES string of the molecule is NC(=O)C(CNC(=O)c1ccccc1CSc1nc2ccccc2[nH]1)Cc1ccc(F)cc1. The molecule has 1 atom stereocenters. The van der Waals surface area contributed by atoms with Gasteiger partial charge in [-0.3, -0.25) is 9.59 Å². The van der Waals surface area contributed by atoms with Gasteiger partial charge in [0.15, 0.2) is 5.16 Å². The molecule has 4 N–H and O–H groups in total. The summed E-state index contributed by atoms with van der Waals surface area (Å²) in [5, 5.41) is 3.60. The molecule has 33 heavy (non-hydrogen) atoms. The lowest BCUT2D eigenvalue weighted by molar-refractivity contribution is -0.121. The van der Waals surface area contributed by atoms with E-state index in [0.29, 0.717) is 17.7 Å². The molecule has 0 aliphatic heterocycles. The molecule has 0 fully saturated rings. The van der Waals surface area contributed by atoms with Crippen molar-refractivity contribution >= 4 is 34.6 Å². The number of imidazole rings is 1. The van der Waals surface area contributed by atoms with Crippen LogP contribution in [0.15, 0.2) is 78.0 Å². The topological polar surface area (TPSA) is 101 Å². The highest BCUT2D eigenvalue weighted by molar-refractivity contribution is 7.98. The van der Waals surface area contributed by atoms with Gasteiger partial charge in [-0.25, -0.2) is 9.37 Å². The summed E-state index contributed by atoms with van der Waals surface area (Å²) < 4.78 is 13.1. The number of para-hydroxylation sites is 2. The quantitative estimate of drug-likeness (QED) is 0.327. The highest BCUT2D eigenvalue weighted by atomic mass is 32.2. The molecule has 2 amide bonds. The largest absolute Gasteiger partial charge is 0.369 e. The predicted molar refractivity (Wildman–Crippen MR) is 127 cm³/mol. The van der Waals surface area contributed by atoms with Crippen LogP contribution in [0, 0.1) is 11.7 Å². The van der Waals surface area contributed by atoms with E-state index in [1.165, 1.54) is 23.9 Å². The number of nitrogens with zero attached hydrogens (tertiary/aromatic N) is 1. The van der Waals surface area contributed by atoms with Crippen molar-refractivity contribution < 1.29 is 14.0 Å². The number of rotatable bonds is 9. The lowest BCUT2D eigenvalue weighted by atomic mass is 9.98. The van der Waals surface area contributed by atoms with Crippen LogP contribution in [0.3, 0.4) is 0 Å². The Bertz CT molecular complexity index is 1240. The number of aromatic nitrogens is 2. The second kappa shape index (κ2) is 10.3. The first-order valence-electron chi connectivity index (χ1n) is 10.5. The molecule has 168 valence electrons. The third-order valence-electron chi connectivity index (χ3n) is 5.30. The third-order valence-corrected chi connectivity index (χ3v) is 6.22. The second-order valence-corrected chi connectivity index (χ2v) is 8.61. The summed E-state index contributed by atoms with van der Waals surface area (Å²) in [4.78, 5) is 32.6. The molecule has 0 spiro atoms. The Kier molecular flexibility index (Phi) is 7.04. The lowest BCUT2D eigenvalue weighted by Crippen LogP contribution is -2.37. The van der Waals surface area contributed by atoms with Gasteiger partial charge in [-0.1, -0.05) is 54.2 Å². The smallest absolute Gasteiger partial charge is 0.251 e. The van der Waals surface area contributed by atoms with E-state index >= 15 is 0 Å². The van der Waals surface area contributed by atoms with Crippen LogP contribution in [-0.2, 0) is 17.0 Å². The van der Waals surface area contributed by atoms with Gasteiger partial charge in [-0.05, 0) is 47.9 Å². The predicted octanol–water partition coefficient (Wildman–Crippen LogP) is 4.07. The molecule has 3 aromatic carbocycles. The van der Waals surface area contributed by atoms with Crippen LogP contribution < -0.4 is 11.1 Å².